The lowest BCUT2D eigenvalue weighted by molar-refractivity contribution is -0.120. The Bertz CT molecular complexity index is 338. The van der Waals surface area contributed by atoms with Gasteiger partial charge in [-0.3, -0.25) is 9.78 Å². The zero-order chi connectivity index (χ0) is 12.7. The Hall–Kier alpha value is -1.42. The summed E-state index contributed by atoms with van der Waals surface area (Å²) in [6, 6.07) is 3.99. The first-order valence-corrected chi connectivity index (χ1v) is 5.96. The number of aromatic nitrogens is 1. The average molecular weight is 235 g/mol. The molecule has 0 bridgehead atoms. The van der Waals surface area contributed by atoms with Crippen LogP contribution in [0.4, 0.5) is 0 Å². The molecule has 4 heteroatoms. The van der Waals surface area contributed by atoms with Crippen molar-refractivity contribution < 1.29 is 4.79 Å². The summed E-state index contributed by atoms with van der Waals surface area (Å²) in [5.74, 6) is 0.806. The summed E-state index contributed by atoms with van der Waals surface area (Å²) in [4.78, 5) is 15.5. The first-order valence-electron chi connectivity index (χ1n) is 5.96. The van der Waals surface area contributed by atoms with Gasteiger partial charge in [-0.05, 0) is 24.6 Å². The monoisotopic (exact) mass is 235 g/mol. The van der Waals surface area contributed by atoms with Crippen molar-refractivity contribution in [3.05, 3.63) is 30.1 Å². The second kappa shape index (κ2) is 7.01. The van der Waals surface area contributed by atoms with E-state index >= 15 is 0 Å². The molecule has 1 heterocycles. The number of hydrogen-bond acceptors (Lipinski definition) is 3. The van der Waals surface area contributed by atoms with Crippen LogP contribution in [0.3, 0.4) is 0 Å². The summed E-state index contributed by atoms with van der Waals surface area (Å²) in [6.07, 6.45) is 3.63. The van der Waals surface area contributed by atoms with Gasteiger partial charge in [-0.25, -0.2) is 0 Å². The van der Waals surface area contributed by atoms with Crippen molar-refractivity contribution >= 4 is 5.91 Å². The Morgan fingerprint density at radius 1 is 1.47 bits per heavy atom. The van der Waals surface area contributed by atoms with Crippen LogP contribution < -0.4 is 10.6 Å². The van der Waals surface area contributed by atoms with Crippen LogP contribution in [-0.4, -0.2) is 31.0 Å². The smallest absolute Gasteiger partial charge is 0.233 e. The van der Waals surface area contributed by atoms with E-state index in [1.807, 2.05) is 12.3 Å². The van der Waals surface area contributed by atoms with Crippen molar-refractivity contribution in [2.45, 2.75) is 19.8 Å². The molecule has 1 atom stereocenters. The number of likely N-dealkylation sites (N-methyl/N-ethyl adjacent to an activating group) is 1. The standard InChI is InChI=1S/C13H21N3O/c1-10(2)12(8-16-13(17)9-14-3)11-5-4-6-15-7-11/h4-7,10,12,14H,8-9H2,1-3H3,(H,16,17). The van der Waals surface area contributed by atoms with Gasteiger partial charge in [0.1, 0.15) is 0 Å². The second-order valence-electron chi connectivity index (χ2n) is 4.47. The fourth-order valence-electron chi connectivity index (χ4n) is 1.78. The lowest BCUT2D eigenvalue weighted by Crippen LogP contribution is -2.35. The van der Waals surface area contributed by atoms with Gasteiger partial charge in [-0.1, -0.05) is 19.9 Å². The van der Waals surface area contributed by atoms with Crippen molar-refractivity contribution in [1.82, 2.24) is 15.6 Å². The van der Waals surface area contributed by atoms with Gasteiger partial charge in [-0.15, -0.1) is 0 Å². The molecule has 0 fully saturated rings. The maximum atomic E-state index is 11.4. The molecule has 1 rings (SSSR count). The molecule has 1 unspecified atom stereocenters. The summed E-state index contributed by atoms with van der Waals surface area (Å²) in [7, 11) is 1.76. The molecule has 0 aliphatic carbocycles. The van der Waals surface area contributed by atoms with Gasteiger partial charge in [0.2, 0.25) is 5.91 Å². The predicted octanol–water partition coefficient (Wildman–Crippen LogP) is 1.16. The molecule has 0 spiro atoms. The molecule has 0 aliphatic rings. The number of rotatable bonds is 6. The normalized spacial score (nSPS) is 12.5. The first-order chi connectivity index (χ1) is 8.15. The predicted molar refractivity (Wildman–Crippen MR) is 68.8 cm³/mol. The number of carbonyl (C=O) groups excluding carboxylic acids is 1. The summed E-state index contributed by atoms with van der Waals surface area (Å²) in [5.41, 5.74) is 1.17. The van der Waals surface area contributed by atoms with Crippen LogP contribution in [0.5, 0.6) is 0 Å². The Morgan fingerprint density at radius 2 is 2.24 bits per heavy atom. The molecule has 0 aliphatic heterocycles. The first kappa shape index (κ1) is 13.6. The third-order valence-electron chi connectivity index (χ3n) is 2.77. The molecular weight excluding hydrogens is 214 g/mol. The third-order valence-corrected chi connectivity index (χ3v) is 2.77. The van der Waals surface area contributed by atoms with Gasteiger partial charge in [0, 0.05) is 24.9 Å². The number of amides is 1. The van der Waals surface area contributed by atoms with E-state index in [-0.39, 0.29) is 5.91 Å². The SMILES string of the molecule is CNCC(=O)NCC(c1cccnc1)C(C)C. The van der Waals surface area contributed by atoms with Gasteiger partial charge < -0.3 is 10.6 Å². The van der Waals surface area contributed by atoms with Gasteiger partial charge in [0.25, 0.3) is 0 Å². The van der Waals surface area contributed by atoms with E-state index in [1.54, 1.807) is 13.2 Å². The van der Waals surface area contributed by atoms with Crippen LogP contribution in [0.25, 0.3) is 0 Å². The number of carbonyl (C=O) groups is 1. The van der Waals surface area contributed by atoms with E-state index in [1.165, 1.54) is 5.56 Å². The molecule has 0 saturated carbocycles. The Balaban J connectivity index is 2.59. The molecule has 2 N–H and O–H groups in total. The van der Waals surface area contributed by atoms with Crippen molar-refractivity contribution in [2.75, 3.05) is 20.1 Å². The van der Waals surface area contributed by atoms with Gasteiger partial charge >= 0.3 is 0 Å². The van der Waals surface area contributed by atoms with E-state index < -0.39 is 0 Å². The molecule has 0 aromatic carbocycles. The van der Waals surface area contributed by atoms with Crippen LogP contribution in [0, 0.1) is 5.92 Å². The highest BCUT2D eigenvalue weighted by molar-refractivity contribution is 5.77. The Morgan fingerprint density at radius 3 is 2.76 bits per heavy atom. The second-order valence-corrected chi connectivity index (χ2v) is 4.47. The molecule has 1 aromatic rings. The van der Waals surface area contributed by atoms with Crippen molar-refractivity contribution in [2.24, 2.45) is 5.92 Å². The third kappa shape index (κ3) is 4.53. The van der Waals surface area contributed by atoms with Crippen molar-refractivity contribution in [1.29, 1.82) is 0 Å². The van der Waals surface area contributed by atoms with Gasteiger partial charge in [-0.2, -0.15) is 0 Å². The van der Waals surface area contributed by atoms with Crippen LogP contribution in [-0.2, 0) is 4.79 Å². The van der Waals surface area contributed by atoms with Crippen LogP contribution in [0.2, 0.25) is 0 Å². The highest BCUT2D eigenvalue weighted by Gasteiger charge is 2.16. The summed E-state index contributed by atoms with van der Waals surface area (Å²) >= 11 is 0. The van der Waals surface area contributed by atoms with Crippen LogP contribution in [0.1, 0.15) is 25.3 Å². The molecule has 94 valence electrons. The molecule has 0 saturated heterocycles. The minimum atomic E-state index is 0.0297. The highest BCUT2D eigenvalue weighted by Crippen LogP contribution is 2.22. The van der Waals surface area contributed by atoms with E-state index in [2.05, 4.69) is 35.5 Å². The fourth-order valence-corrected chi connectivity index (χ4v) is 1.78. The van der Waals surface area contributed by atoms with E-state index in [0.29, 0.717) is 24.9 Å². The minimum absolute atomic E-state index is 0.0297. The topological polar surface area (TPSA) is 54.0 Å². The molecular formula is C13H21N3O. The minimum Gasteiger partial charge on any atom is -0.354 e. The maximum absolute atomic E-state index is 11.4. The van der Waals surface area contributed by atoms with Gasteiger partial charge in [0.15, 0.2) is 0 Å². The quantitative estimate of drug-likeness (QED) is 0.778. The van der Waals surface area contributed by atoms with Gasteiger partial charge in [0.05, 0.1) is 6.54 Å². The number of hydrogen-bond donors (Lipinski definition) is 2. The maximum Gasteiger partial charge on any atom is 0.233 e. The summed E-state index contributed by atoms with van der Waals surface area (Å²) in [5, 5.41) is 5.77. The molecule has 17 heavy (non-hydrogen) atoms. The average Bonchev–Trinajstić information content (AvgIpc) is 2.30. The molecule has 1 amide bonds. The number of nitrogens with one attached hydrogen (secondary N) is 2. The fraction of sp³-hybridized carbons (Fsp3) is 0.538. The summed E-state index contributed by atoms with van der Waals surface area (Å²) in [6.45, 7) is 5.32. The highest BCUT2D eigenvalue weighted by atomic mass is 16.1. The number of nitrogens with zero attached hydrogens (tertiary/aromatic N) is 1. The van der Waals surface area contributed by atoms with Crippen molar-refractivity contribution in [3.8, 4) is 0 Å². The molecule has 4 nitrogen and oxygen atoms in total. The molecule has 0 radical (unpaired) electrons. The zero-order valence-electron chi connectivity index (χ0n) is 10.7. The lowest BCUT2D eigenvalue weighted by atomic mass is 9.89. The van der Waals surface area contributed by atoms with E-state index in [0.717, 1.165) is 0 Å². The molecule has 1 aromatic heterocycles. The Kier molecular flexibility index (Phi) is 5.63. The van der Waals surface area contributed by atoms with Crippen molar-refractivity contribution in [3.63, 3.8) is 0 Å². The largest absolute Gasteiger partial charge is 0.354 e. The van der Waals surface area contributed by atoms with Crippen LogP contribution in [0.15, 0.2) is 24.5 Å². The number of pyridine rings is 1. The Labute approximate surface area is 103 Å². The zero-order valence-corrected chi connectivity index (χ0v) is 10.7. The van der Waals surface area contributed by atoms with E-state index in [9.17, 15) is 4.79 Å². The van der Waals surface area contributed by atoms with E-state index in [4.69, 9.17) is 0 Å². The van der Waals surface area contributed by atoms with Crippen LogP contribution >= 0.6 is 0 Å². The lowest BCUT2D eigenvalue weighted by Gasteiger charge is -2.21. The summed E-state index contributed by atoms with van der Waals surface area (Å²) < 4.78 is 0.